The topological polar surface area (TPSA) is 67.6 Å². The Morgan fingerprint density at radius 1 is 1.00 bits per heavy atom. The maximum Gasteiger partial charge on any atom is 0.318 e. The molecule has 0 N–H and O–H groups in total. The zero-order valence-electron chi connectivity index (χ0n) is 7.01. The molecule has 0 radical (unpaired) electrons. The van der Waals surface area contributed by atoms with Gasteiger partial charge in [-0.15, -0.1) is 20.4 Å². The molecule has 1 aromatic carbocycles. The van der Waals surface area contributed by atoms with E-state index in [1.165, 1.54) is 0 Å². The molecule has 0 aliphatic carbocycles. The lowest BCUT2D eigenvalue weighted by Crippen LogP contribution is -1.96. The summed E-state index contributed by atoms with van der Waals surface area (Å²) in [6, 6.07) is 7.39. The molecule has 1 aliphatic rings. The molecule has 3 rings (SSSR count). The van der Waals surface area contributed by atoms with Gasteiger partial charge in [-0.05, 0) is 6.07 Å². The molecule has 1 aliphatic heterocycles. The average Bonchev–Trinajstić information content (AvgIpc) is 2.61. The molecule has 66 valence electrons. The zero-order chi connectivity index (χ0) is 9.54. The summed E-state index contributed by atoms with van der Waals surface area (Å²) in [6.07, 6.45) is 0. The molecule has 2 aromatic rings. The lowest BCUT2D eigenvalue weighted by atomic mass is 10.2. The van der Waals surface area contributed by atoms with Crippen molar-refractivity contribution in [1.29, 1.82) is 0 Å². The van der Waals surface area contributed by atoms with Crippen LogP contribution >= 0.6 is 0 Å². The van der Waals surface area contributed by atoms with E-state index in [1.807, 2.05) is 24.3 Å². The molecule has 0 saturated heterocycles. The van der Waals surface area contributed by atoms with Crippen LogP contribution in [0.4, 0.5) is 5.69 Å². The number of carbonyl (C=O) groups is 1. The predicted octanol–water partition coefficient (Wildman–Crippen LogP) is 1.87. The second kappa shape index (κ2) is 2.41. The minimum absolute atomic E-state index is 0.240. The Hall–Kier alpha value is -2.17. The van der Waals surface area contributed by atoms with Crippen molar-refractivity contribution >= 4 is 22.5 Å². The first-order valence-electron chi connectivity index (χ1n) is 4.08. The first-order chi connectivity index (χ1) is 6.86. The number of amides is 1. The molecule has 0 saturated carbocycles. The maximum absolute atomic E-state index is 11.1. The Bertz CT molecular complexity index is 576. The summed E-state index contributed by atoms with van der Waals surface area (Å²) in [5, 5.41) is 15.7. The Labute approximate surface area is 78.5 Å². The first kappa shape index (κ1) is 7.25. The molecule has 2 heterocycles. The number of benzene rings is 1. The van der Waals surface area contributed by atoms with Gasteiger partial charge in [-0.2, -0.15) is 0 Å². The summed E-state index contributed by atoms with van der Waals surface area (Å²) in [7, 11) is 0. The van der Waals surface area contributed by atoms with Crippen LogP contribution in [0.2, 0.25) is 0 Å². The van der Waals surface area contributed by atoms with Crippen LogP contribution in [0.5, 0.6) is 0 Å². The zero-order valence-corrected chi connectivity index (χ0v) is 7.01. The fourth-order valence-electron chi connectivity index (χ4n) is 1.43. The largest absolute Gasteiger partial charge is 0.318 e. The van der Waals surface area contributed by atoms with Crippen molar-refractivity contribution in [3.05, 3.63) is 30.0 Å². The highest BCUT2D eigenvalue weighted by molar-refractivity contribution is 6.06. The summed E-state index contributed by atoms with van der Waals surface area (Å²) >= 11 is 0. The Morgan fingerprint density at radius 3 is 2.79 bits per heavy atom. The van der Waals surface area contributed by atoms with E-state index in [9.17, 15) is 4.79 Å². The van der Waals surface area contributed by atoms with Crippen molar-refractivity contribution < 1.29 is 4.79 Å². The highest BCUT2D eigenvalue weighted by Gasteiger charge is 2.22. The molecule has 5 heteroatoms. The summed E-state index contributed by atoms with van der Waals surface area (Å²) in [5.74, 6) is -0.418. The Kier molecular flexibility index (Phi) is 1.25. The molecular formula is C9H4N4O. The van der Waals surface area contributed by atoms with Crippen molar-refractivity contribution in [2.24, 2.45) is 10.2 Å². The van der Waals surface area contributed by atoms with E-state index >= 15 is 0 Å². The van der Waals surface area contributed by atoms with Crippen LogP contribution in [0, 0.1) is 0 Å². The summed E-state index contributed by atoms with van der Waals surface area (Å²) < 4.78 is 0. The molecule has 0 unspecified atom stereocenters. The van der Waals surface area contributed by atoms with Crippen molar-refractivity contribution in [2.75, 3.05) is 0 Å². The van der Waals surface area contributed by atoms with Crippen molar-refractivity contribution in [3.63, 3.8) is 0 Å². The number of fused-ring (bicyclic) bond motifs is 3. The van der Waals surface area contributed by atoms with E-state index < -0.39 is 5.91 Å². The van der Waals surface area contributed by atoms with Gasteiger partial charge in [0.1, 0.15) is 5.69 Å². The van der Waals surface area contributed by atoms with E-state index in [0.29, 0.717) is 5.69 Å². The van der Waals surface area contributed by atoms with Gasteiger partial charge in [0, 0.05) is 5.39 Å². The number of nitrogens with zero attached hydrogens (tertiary/aromatic N) is 4. The van der Waals surface area contributed by atoms with E-state index in [0.717, 1.165) is 10.9 Å². The van der Waals surface area contributed by atoms with Gasteiger partial charge in [-0.25, -0.2) is 0 Å². The molecule has 14 heavy (non-hydrogen) atoms. The predicted molar refractivity (Wildman–Crippen MR) is 48.4 cm³/mol. The highest BCUT2D eigenvalue weighted by atomic mass is 16.2. The fraction of sp³-hybridized carbons (Fsp3) is 0. The molecule has 0 bridgehead atoms. The number of aromatic nitrogens is 2. The molecule has 5 nitrogen and oxygen atoms in total. The van der Waals surface area contributed by atoms with Crippen LogP contribution in [-0.2, 0) is 0 Å². The second-order valence-electron chi connectivity index (χ2n) is 2.92. The number of carbonyl (C=O) groups excluding carboxylic acids is 1. The molecule has 0 atom stereocenters. The minimum Gasteiger partial charge on any atom is -0.263 e. The van der Waals surface area contributed by atoms with E-state index in [1.54, 1.807) is 0 Å². The number of azo groups is 1. The minimum atomic E-state index is -0.418. The van der Waals surface area contributed by atoms with Gasteiger partial charge >= 0.3 is 5.91 Å². The third-order valence-electron chi connectivity index (χ3n) is 2.08. The van der Waals surface area contributed by atoms with E-state index in [-0.39, 0.29) is 5.69 Å². The van der Waals surface area contributed by atoms with Gasteiger partial charge in [0.2, 0.25) is 0 Å². The van der Waals surface area contributed by atoms with Gasteiger partial charge in [0.15, 0.2) is 5.69 Å². The molecular weight excluding hydrogens is 180 g/mol. The standard InChI is InChI=1S/C9H4N4O/c14-9-8-7(11-13-9)5-3-1-2-4-6(5)10-12-8/h1-4H. The number of hydrogen-bond acceptors (Lipinski definition) is 4. The lowest BCUT2D eigenvalue weighted by molar-refractivity contribution is 0.0997. The van der Waals surface area contributed by atoms with Crippen LogP contribution in [0.15, 0.2) is 34.5 Å². The smallest absolute Gasteiger partial charge is 0.263 e. The van der Waals surface area contributed by atoms with Crippen molar-refractivity contribution in [1.82, 2.24) is 10.2 Å². The van der Waals surface area contributed by atoms with Gasteiger partial charge in [-0.3, -0.25) is 4.79 Å². The molecule has 0 spiro atoms. The van der Waals surface area contributed by atoms with Crippen LogP contribution in [0.1, 0.15) is 10.5 Å². The van der Waals surface area contributed by atoms with Gasteiger partial charge in [-0.1, -0.05) is 18.2 Å². The van der Waals surface area contributed by atoms with Crippen molar-refractivity contribution in [3.8, 4) is 0 Å². The monoisotopic (exact) mass is 184 g/mol. The van der Waals surface area contributed by atoms with Crippen LogP contribution in [-0.4, -0.2) is 16.1 Å². The SMILES string of the molecule is O=C1N=Nc2c1nnc1ccccc21. The van der Waals surface area contributed by atoms with E-state index in [2.05, 4.69) is 20.4 Å². The summed E-state index contributed by atoms with van der Waals surface area (Å²) in [5.41, 5.74) is 1.49. The van der Waals surface area contributed by atoms with Crippen LogP contribution in [0.3, 0.4) is 0 Å². The number of rotatable bonds is 0. The average molecular weight is 184 g/mol. The summed E-state index contributed by atoms with van der Waals surface area (Å²) in [4.78, 5) is 11.1. The van der Waals surface area contributed by atoms with Crippen LogP contribution in [0.25, 0.3) is 10.9 Å². The highest BCUT2D eigenvalue weighted by Crippen LogP contribution is 2.31. The lowest BCUT2D eigenvalue weighted by Gasteiger charge is -1.97. The van der Waals surface area contributed by atoms with Gasteiger partial charge in [0.05, 0.1) is 5.52 Å². The Balaban J connectivity index is 2.49. The van der Waals surface area contributed by atoms with Gasteiger partial charge in [0.25, 0.3) is 0 Å². The van der Waals surface area contributed by atoms with Crippen LogP contribution < -0.4 is 0 Å². The number of hydrogen-bond donors (Lipinski definition) is 0. The maximum atomic E-state index is 11.1. The third-order valence-corrected chi connectivity index (χ3v) is 2.08. The molecule has 0 fully saturated rings. The van der Waals surface area contributed by atoms with Gasteiger partial charge < -0.3 is 0 Å². The first-order valence-corrected chi connectivity index (χ1v) is 4.08. The van der Waals surface area contributed by atoms with E-state index in [4.69, 9.17) is 0 Å². The normalized spacial score (nSPS) is 13.6. The Morgan fingerprint density at radius 2 is 1.86 bits per heavy atom. The van der Waals surface area contributed by atoms with Crippen molar-refractivity contribution in [2.45, 2.75) is 0 Å². The summed E-state index contributed by atoms with van der Waals surface area (Å²) in [6.45, 7) is 0. The quantitative estimate of drug-likeness (QED) is 0.627. The molecule has 1 aromatic heterocycles. The third kappa shape index (κ3) is 0.806. The molecule has 1 amide bonds. The fourth-order valence-corrected chi connectivity index (χ4v) is 1.43. The second-order valence-corrected chi connectivity index (χ2v) is 2.92.